The number of anilines is 1. The van der Waals surface area contributed by atoms with Crippen LogP contribution in [-0.2, 0) is 13.0 Å². The Morgan fingerprint density at radius 2 is 1.71 bits per heavy atom. The Hall–Kier alpha value is -2.83. The van der Waals surface area contributed by atoms with E-state index in [0.29, 0.717) is 21.1 Å². The fraction of sp³-hybridized carbons (Fsp3) is 0.312. The molecule has 0 amide bonds. The predicted octanol–water partition coefficient (Wildman–Crippen LogP) is 6.87. The first-order valence-electron chi connectivity index (χ1n) is 13.0. The first-order valence-corrected chi connectivity index (χ1v) is 14.0. The van der Waals surface area contributed by atoms with Crippen LogP contribution < -0.4 is 20.2 Å². The number of hydrogen-bond donors (Lipinski definition) is 0. The van der Waals surface area contributed by atoms with Crippen LogP contribution in [0.1, 0.15) is 42.4 Å². The van der Waals surface area contributed by atoms with Gasteiger partial charge in [0.1, 0.15) is 12.4 Å². The van der Waals surface area contributed by atoms with Gasteiger partial charge in [0, 0.05) is 29.4 Å². The number of piperidine rings is 1. The van der Waals surface area contributed by atoms with Crippen molar-refractivity contribution in [1.29, 1.82) is 0 Å². The van der Waals surface area contributed by atoms with Crippen molar-refractivity contribution in [3.05, 3.63) is 108 Å². The fourth-order valence-electron chi connectivity index (χ4n) is 5.04. The van der Waals surface area contributed by atoms with E-state index in [2.05, 4.69) is 103 Å². The molecule has 0 aromatic heterocycles. The Labute approximate surface area is 212 Å². The topological polar surface area (TPSA) is 12.5 Å². The van der Waals surface area contributed by atoms with E-state index in [1.54, 1.807) is 0 Å². The minimum absolute atomic E-state index is 0.572. The third-order valence-electron chi connectivity index (χ3n) is 6.97. The lowest BCUT2D eigenvalue weighted by Gasteiger charge is -2.31. The maximum Gasteiger partial charge on any atom is 0.127 e. The van der Waals surface area contributed by atoms with E-state index >= 15 is 0 Å². The maximum absolute atomic E-state index is 6.42. The monoisotopic (exact) mass is 481 g/mol. The standard InChI is InChI=1S/C32H36NOP/c1-25-15-18-31(29(21-25)33-19-9-4-10-20-33)35-32-23-28(22-26-11-5-2-6-12-26)16-17-30(32)34-24-27-13-7-3-8-14-27/h2-3,5-8,11,13-18,21,23,26,35H,4,9-10,12,19-20,22,24H2,1H3. The molecule has 3 heteroatoms. The molecule has 180 valence electrons. The molecule has 5 rings (SSSR count). The molecule has 0 N–H and O–H groups in total. The Morgan fingerprint density at radius 1 is 0.857 bits per heavy atom. The predicted molar refractivity (Wildman–Crippen MR) is 152 cm³/mol. The molecule has 0 bridgehead atoms. The van der Waals surface area contributed by atoms with Crippen molar-refractivity contribution in [3.8, 4) is 5.75 Å². The van der Waals surface area contributed by atoms with E-state index in [1.807, 2.05) is 0 Å². The molecule has 0 radical (unpaired) electrons. The molecule has 2 aliphatic rings. The zero-order chi connectivity index (χ0) is 23.9. The van der Waals surface area contributed by atoms with Gasteiger partial charge in [0.25, 0.3) is 0 Å². The lowest BCUT2D eigenvalue weighted by Crippen LogP contribution is -2.32. The van der Waals surface area contributed by atoms with Crippen LogP contribution >= 0.6 is 8.58 Å². The van der Waals surface area contributed by atoms with Gasteiger partial charge in [-0.3, -0.25) is 0 Å². The van der Waals surface area contributed by atoms with Gasteiger partial charge in [-0.2, -0.15) is 0 Å². The summed E-state index contributed by atoms with van der Waals surface area (Å²) in [7, 11) is 0.572. The van der Waals surface area contributed by atoms with Crippen molar-refractivity contribution in [3.63, 3.8) is 0 Å². The van der Waals surface area contributed by atoms with Gasteiger partial charge in [0.2, 0.25) is 0 Å². The zero-order valence-corrected chi connectivity index (χ0v) is 21.7. The highest BCUT2D eigenvalue weighted by Gasteiger charge is 2.17. The summed E-state index contributed by atoms with van der Waals surface area (Å²) in [5.74, 6) is 1.59. The molecule has 1 aliphatic heterocycles. The summed E-state index contributed by atoms with van der Waals surface area (Å²) in [6.45, 7) is 5.14. The van der Waals surface area contributed by atoms with Gasteiger partial charge in [-0.05, 0) is 79.8 Å². The first-order chi connectivity index (χ1) is 17.2. The molecule has 2 nitrogen and oxygen atoms in total. The summed E-state index contributed by atoms with van der Waals surface area (Å²) in [4.78, 5) is 2.60. The zero-order valence-electron chi connectivity index (χ0n) is 20.7. The number of ether oxygens (including phenoxy) is 1. The molecule has 1 saturated heterocycles. The minimum atomic E-state index is 0.572. The molecular formula is C32H36NOP. The Kier molecular flexibility index (Phi) is 8.01. The smallest absolute Gasteiger partial charge is 0.127 e. The summed E-state index contributed by atoms with van der Waals surface area (Å²) in [6.07, 6.45) is 15.1. The van der Waals surface area contributed by atoms with Crippen molar-refractivity contribution >= 4 is 24.9 Å². The third kappa shape index (κ3) is 6.44. The van der Waals surface area contributed by atoms with Crippen molar-refractivity contribution in [2.24, 2.45) is 5.92 Å². The number of aryl methyl sites for hydroxylation is 1. The highest BCUT2D eigenvalue weighted by Crippen LogP contribution is 2.29. The quantitative estimate of drug-likeness (QED) is 0.326. The lowest BCUT2D eigenvalue weighted by atomic mass is 9.93. The molecule has 3 aromatic carbocycles. The van der Waals surface area contributed by atoms with Crippen LogP contribution in [0.2, 0.25) is 0 Å². The van der Waals surface area contributed by atoms with E-state index in [1.165, 1.54) is 65.3 Å². The van der Waals surface area contributed by atoms with Crippen LogP contribution in [0.3, 0.4) is 0 Å². The fourth-order valence-corrected chi connectivity index (χ4v) is 6.39. The van der Waals surface area contributed by atoms with Crippen molar-refractivity contribution in [1.82, 2.24) is 0 Å². The first kappa shape index (κ1) is 23.9. The van der Waals surface area contributed by atoms with Crippen molar-refractivity contribution in [2.75, 3.05) is 18.0 Å². The van der Waals surface area contributed by atoms with E-state index < -0.39 is 0 Å². The molecule has 0 saturated carbocycles. The summed E-state index contributed by atoms with van der Waals surface area (Å²) >= 11 is 0. The van der Waals surface area contributed by atoms with Gasteiger partial charge >= 0.3 is 0 Å². The van der Waals surface area contributed by atoms with Crippen LogP contribution in [0.5, 0.6) is 5.75 Å². The molecule has 1 aliphatic carbocycles. The van der Waals surface area contributed by atoms with E-state index in [9.17, 15) is 0 Å². The van der Waals surface area contributed by atoms with Gasteiger partial charge in [0.15, 0.2) is 0 Å². The summed E-state index contributed by atoms with van der Waals surface area (Å²) in [6, 6.07) is 24.4. The van der Waals surface area contributed by atoms with E-state index in [-0.39, 0.29) is 0 Å². The highest BCUT2D eigenvalue weighted by atomic mass is 31.1. The largest absolute Gasteiger partial charge is 0.488 e. The van der Waals surface area contributed by atoms with Gasteiger partial charge in [-0.25, -0.2) is 0 Å². The second kappa shape index (κ2) is 11.7. The normalized spacial score (nSPS) is 17.9. The third-order valence-corrected chi connectivity index (χ3v) is 8.32. The molecule has 2 unspecified atom stereocenters. The Bertz CT molecular complexity index is 1180. The van der Waals surface area contributed by atoms with Gasteiger partial charge in [-0.1, -0.05) is 81.4 Å². The molecule has 1 fully saturated rings. The highest BCUT2D eigenvalue weighted by molar-refractivity contribution is 7.56. The molecular weight excluding hydrogens is 445 g/mol. The van der Waals surface area contributed by atoms with Gasteiger partial charge in [0.05, 0.1) is 0 Å². The number of nitrogens with zero attached hydrogens (tertiary/aromatic N) is 1. The van der Waals surface area contributed by atoms with Crippen LogP contribution in [-0.4, -0.2) is 13.1 Å². The van der Waals surface area contributed by atoms with Crippen LogP contribution in [0, 0.1) is 12.8 Å². The molecule has 1 heterocycles. The van der Waals surface area contributed by atoms with Crippen molar-refractivity contribution in [2.45, 2.75) is 45.6 Å². The minimum Gasteiger partial charge on any atom is -0.488 e. The molecule has 3 aromatic rings. The number of hydrogen-bond acceptors (Lipinski definition) is 2. The maximum atomic E-state index is 6.42. The summed E-state index contributed by atoms with van der Waals surface area (Å²) < 4.78 is 6.42. The number of allylic oxidation sites excluding steroid dienone is 4. The van der Waals surface area contributed by atoms with E-state index in [4.69, 9.17) is 4.74 Å². The van der Waals surface area contributed by atoms with Crippen LogP contribution in [0.15, 0.2) is 91.0 Å². The average Bonchev–Trinajstić information content (AvgIpc) is 2.91. The van der Waals surface area contributed by atoms with Crippen molar-refractivity contribution < 1.29 is 4.74 Å². The summed E-state index contributed by atoms with van der Waals surface area (Å²) in [5.41, 5.74) is 5.36. The van der Waals surface area contributed by atoms with Crippen LogP contribution in [0.4, 0.5) is 5.69 Å². The molecule has 0 spiro atoms. The van der Waals surface area contributed by atoms with Gasteiger partial charge in [-0.15, -0.1) is 0 Å². The van der Waals surface area contributed by atoms with Crippen LogP contribution in [0.25, 0.3) is 0 Å². The molecule has 35 heavy (non-hydrogen) atoms. The Morgan fingerprint density at radius 3 is 2.51 bits per heavy atom. The van der Waals surface area contributed by atoms with E-state index in [0.717, 1.165) is 18.6 Å². The Balaban J connectivity index is 1.43. The molecule has 2 atom stereocenters. The SMILES string of the molecule is Cc1ccc(Pc2cc(CC3C=CC=CC3)ccc2OCc2ccccc2)c(N2CCCCC2)c1. The summed E-state index contributed by atoms with van der Waals surface area (Å²) in [5, 5.41) is 2.75. The average molecular weight is 482 g/mol. The van der Waals surface area contributed by atoms with Gasteiger partial charge < -0.3 is 9.64 Å². The number of rotatable bonds is 8. The second-order valence-electron chi connectivity index (χ2n) is 9.81. The lowest BCUT2D eigenvalue weighted by molar-refractivity contribution is 0.309. The number of benzene rings is 3. The second-order valence-corrected chi connectivity index (χ2v) is 11.1.